The molecule has 3 heteroatoms. The zero-order valence-corrected chi connectivity index (χ0v) is 33.9. The lowest BCUT2D eigenvalue weighted by molar-refractivity contribution is 0.661. The zero-order valence-electron chi connectivity index (χ0n) is 33.1. The van der Waals surface area contributed by atoms with Gasteiger partial charge in [-0.1, -0.05) is 135 Å². The summed E-state index contributed by atoms with van der Waals surface area (Å²) in [5, 5.41) is 7.71. The van der Waals surface area contributed by atoms with Crippen LogP contribution in [-0.4, -0.2) is 4.40 Å². The second-order valence-electron chi connectivity index (χ2n) is 16.7. The molecule has 0 N–H and O–H groups in total. The van der Waals surface area contributed by atoms with Crippen LogP contribution in [0, 0.1) is 12.1 Å². The maximum atomic E-state index is 3.46. The molecule has 0 bridgehead atoms. The third-order valence-corrected chi connectivity index (χ3v) is 14.3. The van der Waals surface area contributed by atoms with Crippen molar-refractivity contribution in [2.24, 2.45) is 0 Å². The Hall–Kier alpha value is -7.38. The predicted octanol–water partition coefficient (Wildman–Crippen LogP) is 15.9. The number of hydrogen-bond acceptors (Lipinski definition) is 2. The zero-order chi connectivity index (χ0) is 39.7. The molecule has 0 spiro atoms. The topological polar surface area (TPSA) is 7.65 Å². The quantitative estimate of drug-likeness (QED) is 0.169. The van der Waals surface area contributed by atoms with Gasteiger partial charge in [-0.15, -0.1) is 11.3 Å². The van der Waals surface area contributed by atoms with Crippen LogP contribution >= 0.6 is 11.3 Å². The van der Waals surface area contributed by atoms with Crippen molar-refractivity contribution < 1.29 is 0 Å². The van der Waals surface area contributed by atoms with E-state index in [0.29, 0.717) is 0 Å². The van der Waals surface area contributed by atoms with E-state index in [1.54, 1.807) is 0 Å². The van der Waals surface area contributed by atoms with Gasteiger partial charge in [0.1, 0.15) is 0 Å². The average molecular weight is 781 g/mol. The summed E-state index contributed by atoms with van der Waals surface area (Å²) in [4.78, 5) is 2.46. The van der Waals surface area contributed by atoms with Crippen molar-refractivity contribution in [1.82, 2.24) is 4.40 Å². The van der Waals surface area contributed by atoms with E-state index in [0.717, 1.165) is 17.1 Å². The highest BCUT2D eigenvalue weighted by molar-refractivity contribution is 7.25. The van der Waals surface area contributed by atoms with E-state index in [2.05, 4.69) is 211 Å². The molecule has 0 radical (unpaired) electrons. The van der Waals surface area contributed by atoms with Crippen LogP contribution in [0.15, 0.2) is 182 Å². The Morgan fingerprint density at radius 1 is 0.517 bits per heavy atom. The Bertz CT molecular complexity index is 3680. The number of fused-ring (bicyclic) bond motifs is 12. The highest BCUT2D eigenvalue weighted by atomic mass is 32.1. The number of nitrogens with zero attached hydrogens (tertiary/aromatic N) is 2. The van der Waals surface area contributed by atoms with Crippen LogP contribution in [0.5, 0.6) is 0 Å². The van der Waals surface area contributed by atoms with E-state index >= 15 is 0 Å². The maximum Gasteiger partial charge on any atom is 0.0641 e. The first-order valence-corrected chi connectivity index (χ1v) is 21.5. The minimum absolute atomic E-state index is 0.134. The molecule has 0 fully saturated rings. The van der Waals surface area contributed by atoms with Gasteiger partial charge in [0, 0.05) is 64.1 Å². The average Bonchev–Trinajstić information content (AvgIpc) is 4.02. The van der Waals surface area contributed by atoms with Gasteiger partial charge < -0.3 is 9.30 Å². The van der Waals surface area contributed by atoms with Gasteiger partial charge in [-0.05, 0) is 112 Å². The first-order chi connectivity index (χ1) is 29.5. The molecule has 0 unspecified atom stereocenters. The molecular weight excluding hydrogens is 745 g/mol. The lowest BCUT2D eigenvalue weighted by Crippen LogP contribution is -2.14. The van der Waals surface area contributed by atoms with E-state index in [-0.39, 0.29) is 5.41 Å². The lowest BCUT2D eigenvalue weighted by Gasteiger charge is -2.27. The van der Waals surface area contributed by atoms with Crippen molar-refractivity contribution in [2.75, 3.05) is 4.90 Å². The SMILES string of the molecule is CC1(C)c2c#cccc2-c2c(-c3ccc(N(c4ccc(-c5ccc6sc7ccccc7c6c5)cc4)c4ccc5c6ccccc6n6c7ccccc7c4c56)cc3)cccc21. The van der Waals surface area contributed by atoms with Gasteiger partial charge in [0.2, 0.25) is 0 Å². The summed E-state index contributed by atoms with van der Waals surface area (Å²) in [6, 6.07) is 74.0. The normalized spacial score (nSPS) is 13.2. The summed E-state index contributed by atoms with van der Waals surface area (Å²) in [6.45, 7) is 4.61. The summed E-state index contributed by atoms with van der Waals surface area (Å²) < 4.78 is 5.12. The van der Waals surface area contributed by atoms with Crippen molar-refractivity contribution in [3.05, 3.63) is 205 Å². The molecule has 0 atom stereocenters. The highest BCUT2D eigenvalue weighted by Crippen LogP contribution is 2.52. The van der Waals surface area contributed by atoms with Crippen molar-refractivity contribution in [2.45, 2.75) is 19.3 Å². The fraction of sp³-hybridized carbons (Fsp3) is 0.0526. The molecule has 1 aliphatic carbocycles. The second kappa shape index (κ2) is 12.3. The van der Waals surface area contributed by atoms with Crippen molar-refractivity contribution >= 4 is 86.7 Å². The van der Waals surface area contributed by atoms with Crippen LogP contribution in [0.1, 0.15) is 25.0 Å². The van der Waals surface area contributed by atoms with Crippen LogP contribution < -0.4 is 4.90 Å². The predicted molar refractivity (Wildman–Crippen MR) is 255 cm³/mol. The molecule has 0 amide bonds. The first kappa shape index (κ1) is 33.6. The molecule has 0 saturated carbocycles. The number of para-hydroxylation sites is 2. The highest BCUT2D eigenvalue weighted by Gasteiger charge is 2.37. The smallest absolute Gasteiger partial charge is 0.0641 e. The molecule has 3 heterocycles. The van der Waals surface area contributed by atoms with E-state index in [1.807, 2.05) is 17.4 Å². The Morgan fingerprint density at radius 2 is 1.18 bits per heavy atom. The fourth-order valence-electron chi connectivity index (χ4n) is 10.4. The van der Waals surface area contributed by atoms with Crippen LogP contribution in [0.2, 0.25) is 0 Å². The maximum absolute atomic E-state index is 3.46. The molecule has 3 aromatic heterocycles. The van der Waals surface area contributed by atoms with E-state index in [9.17, 15) is 0 Å². The largest absolute Gasteiger partial charge is 0.310 e. The summed E-state index contributed by atoms with van der Waals surface area (Å²) in [7, 11) is 0. The molecule has 13 rings (SSSR count). The number of anilines is 3. The molecule has 0 aliphatic heterocycles. The molecule has 60 heavy (non-hydrogen) atoms. The minimum atomic E-state index is -0.134. The Labute approximate surface area is 352 Å². The van der Waals surface area contributed by atoms with Gasteiger partial charge in [-0.2, -0.15) is 0 Å². The van der Waals surface area contributed by atoms with E-state index in [4.69, 9.17) is 0 Å². The van der Waals surface area contributed by atoms with Crippen molar-refractivity contribution in [3.8, 4) is 33.4 Å². The van der Waals surface area contributed by atoms with Gasteiger partial charge in [-0.3, -0.25) is 0 Å². The lowest BCUT2D eigenvalue weighted by atomic mass is 9.82. The first-order valence-electron chi connectivity index (χ1n) is 20.7. The minimum Gasteiger partial charge on any atom is -0.310 e. The molecule has 0 saturated heterocycles. The number of aromatic nitrogens is 1. The molecule has 12 aromatic rings. The summed E-state index contributed by atoms with van der Waals surface area (Å²) in [5.41, 5.74) is 17.0. The third kappa shape index (κ3) is 4.60. The number of rotatable bonds is 5. The number of hydrogen-bond donors (Lipinski definition) is 0. The monoisotopic (exact) mass is 780 g/mol. The van der Waals surface area contributed by atoms with Crippen molar-refractivity contribution in [1.29, 1.82) is 0 Å². The summed E-state index contributed by atoms with van der Waals surface area (Å²) in [5.74, 6) is 0. The molecular formula is C57H36N2S. The van der Waals surface area contributed by atoms with Crippen LogP contribution in [0.4, 0.5) is 17.1 Å². The molecule has 280 valence electrons. The molecule has 9 aromatic carbocycles. The van der Waals surface area contributed by atoms with Gasteiger partial charge in [0.05, 0.1) is 22.2 Å². The van der Waals surface area contributed by atoms with Gasteiger partial charge in [-0.25, -0.2) is 0 Å². The molecule has 2 nitrogen and oxygen atoms in total. The summed E-state index contributed by atoms with van der Waals surface area (Å²) in [6.07, 6.45) is 0. The van der Waals surface area contributed by atoms with Crippen molar-refractivity contribution in [3.63, 3.8) is 0 Å². The fourth-order valence-corrected chi connectivity index (χ4v) is 11.5. The molecule has 1 aliphatic rings. The number of benzene rings is 8. The second-order valence-corrected chi connectivity index (χ2v) is 17.8. The van der Waals surface area contributed by atoms with Gasteiger partial charge in [0.15, 0.2) is 0 Å². The van der Waals surface area contributed by atoms with Crippen LogP contribution in [-0.2, 0) is 5.41 Å². The Kier molecular flexibility index (Phi) is 6.89. The Morgan fingerprint density at radius 3 is 1.98 bits per heavy atom. The standard InChI is InChI=1S/C57H36N2S/c1-57(2)47-17-7-3-14-44(47)54-40(16-11-18-48(54)57)36-24-29-39(30-25-36)58(38-27-22-35(23-28-38)37-26-33-53-46(34-37)42-13-6-10-21-52(42)60-53)51-32-31-43-41-12-4-8-19-49(41)59-50-20-9-5-15-45(50)55(51)56(43)59/h3-6,8-16,18-34H,1-2H3. The number of thiophene rings is 1. The third-order valence-electron chi connectivity index (χ3n) is 13.2. The van der Waals surface area contributed by atoms with E-state index in [1.165, 1.54) is 103 Å². The van der Waals surface area contributed by atoms with Crippen LogP contribution in [0.25, 0.3) is 91.6 Å². The van der Waals surface area contributed by atoms with Crippen LogP contribution in [0.3, 0.4) is 0 Å². The van der Waals surface area contributed by atoms with Gasteiger partial charge in [0.25, 0.3) is 0 Å². The van der Waals surface area contributed by atoms with E-state index < -0.39 is 0 Å². The summed E-state index contributed by atoms with van der Waals surface area (Å²) >= 11 is 1.86. The van der Waals surface area contributed by atoms with Gasteiger partial charge >= 0.3 is 0 Å². The Balaban J connectivity index is 0.999.